The third kappa shape index (κ3) is 23.9. The Morgan fingerprint density at radius 2 is 1.35 bits per heavy atom. The number of nitrogens with two attached hydrogens (primary N) is 1. The van der Waals surface area contributed by atoms with E-state index in [4.69, 9.17) is 62.6 Å². The average Bonchev–Trinajstić information content (AvgIpc) is 1.51. The standard InChI is InChI=1S/C75H101N9O22/c1-3-57-58-42-56(85)17-18-62(58)79-71-59(57)46-83-64(71)43-61-60(72(83)92)48-104-73(93)75(61,4-2)106-74(94)105-47-53-10-8-51(9-11-53)41-66(87)63(7-5-6-22-76)78-68(89)50-103-49-67(88)77-23-25-95-27-29-97-31-33-99-35-37-101-39-40-102-38-36-100-34-32-98-30-28-96-26-24-82-45-55(80-81-82)16-19-65(86)54-14-12-52(13-15-54)44-84-69(90)20-21-70(84)91/h8-11,17-18,20-21,42-43,45,52,54,63,71,79,85H,3-7,12-16,19,22-41,44,46-50,76H2,1-2H3,(H,77,88)(H,78,89)/t52?,54?,63-,71?,75-/m0/s1. The summed E-state index contributed by atoms with van der Waals surface area (Å²) >= 11 is 0. The van der Waals surface area contributed by atoms with Gasteiger partial charge in [-0.25, -0.2) is 14.3 Å². The molecule has 2 aromatic carbocycles. The van der Waals surface area contributed by atoms with Gasteiger partial charge < -0.3 is 88.2 Å². The van der Waals surface area contributed by atoms with Crippen molar-refractivity contribution >= 4 is 58.6 Å². The summed E-state index contributed by atoms with van der Waals surface area (Å²) in [7, 11) is 0. The van der Waals surface area contributed by atoms with Crippen LogP contribution in [0.5, 0.6) is 5.75 Å². The first-order valence-corrected chi connectivity index (χ1v) is 36.7. The van der Waals surface area contributed by atoms with Crippen LogP contribution in [0.1, 0.15) is 123 Å². The second kappa shape index (κ2) is 42.6. The third-order valence-corrected chi connectivity index (χ3v) is 19.0. The van der Waals surface area contributed by atoms with Crippen molar-refractivity contribution in [3.63, 3.8) is 0 Å². The lowest BCUT2D eigenvalue weighted by atomic mass is 9.79. The number of aryl methyl sites for hydroxylation is 1. The second-order valence-electron chi connectivity index (χ2n) is 26.3. The van der Waals surface area contributed by atoms with E-state index in [1.54, 1.807) is 64.7 Å². The molecular formula is C75H101N9O22. The average molecular weight is 1480 g/mol. The number of fused-ring (bicyclic) bond motifs is 5. The van der Waals surface area contributed by atoms with Gasteiger partial charge in [-0.3, -0.25) is 38.5 Å². The smallest absolute Gasteiger partial charge is 0.508 e. The molecule has 3 atom stereocenters. The summed E-state index contributed by atoms with van der Waals surface area (Å²) in [5.74, 6) is -2.04. The SMILES string of the molecule is CCC1=C2Cn3c(cc4c(c3=O)COC(=O)[C@@]4(CC)OC(=O)OCc3ccc(CC(=O)[C@H](CCCCN)NC(=O)COCC(=O)NCCOCCOCCOCCOCCOCCOCCOCCOCCn4cc(CCC(=O)C5CCC(CN6C(=O)C=CC6=O)CC5)nn4)cc3)C2Nc2ccc(O)cc21. The molecule has 1 aliphatic carbocycles. The van der Waals surface area contributed by atoms with Crippen LogP contribution in [-0.2, 0) is 135 Å². The van der Waals surface area contributed by atoms with Gasteiger partial charge >= 0.3 is 12.1 Å². The number of carbonyl (C=O) groups is 8. The maximum absolute atomic E-state index is 14.2. The number of ether oxygens (including phenoxy) is 12. The number of benzene rings is 2. The number of esters is 1. The van der Waals surface area contributed by atoms with Crippen molar-refractivity contribution in [1.29, 1.82) is 0 Å². The summed E-state index contributed by atoms with van der Waals surface area (Å²) in [6.07, 6.45) is 9.54. The summed E-state index contributed by atoms with van der Waals surface area (Å²) in [6.45, 7) is 10.4. The van der Waals surface area contributed by atoms with Gasteiger partial charge in [0.15, 0.2) is 5.78 Å². The first kappa shape index (κ1) is 81.4. The molecule has 0 radical (unpaired) electrons. The van der Waals surface area contributed by atoms with Crippen LogP contribution in [0, 0.1) is 11.8 Å². The molecule has 31 nitrogen and oxygen atoms in total. The van der Waals surface area contributed by atoms with Gasteiger partial charge in [0.05, 0.1) is 136 Å². The highest BCUT2D eigenvalue weighted by Crippen LogP contribution is 2.48. The van der Waals surface area contributed by atoms with Crippen LogP contribution in [0.3, 0.4) is 0 Å². The highest BCUT2D eigenvalue weighted by Gasteiger charge is 2.52. The van der Waals surface area contributed by atoms with E-state index in [1.165, 1.54) is 17.1 Å². The fourth-order valence-electron chi connectivity index (χ4n) is 13.3. The number of allylic oxidation sites excluding steroid dienone is 1. The zero-order valence-corrected chi connectivity index (χ0v) is 60.7. The number of phenols is 1. The van der Waals surface area contributed by atoms with E-state index in [1.807, 2.05) is 13.1 Å². The fourth-order valence-corrected chi connectivity index (χ4v) is 13.3. The van der Waals surface area contributed by atoms with Gasteiger partial charge in [0, 0.05) is 85.7 Å². The number of rotatable bonds is 50. The van der Waals surface area contributed by atoms with Crippen LogP contribution in [0.4, 0.5) is 10.5 Å². The van der Waals surface area contributed by atoms with Crippen LogP contribution >= 0.6 is 0 Å². The molecule has 0 saturated heterocycles. The number of amides is 4. The summed E-state index contributed by atoms with van der Waals surface area (Å²) in [5.41, 5.74) is 9.95. The number of anilines is 1. The van der Waals surface area contributed by atoms with Crippen molar-refractivity contribution in [2.45, 2.75) is 135 Å². The van der Waals surface area contributed by atoms with Crippen molar-refractivity contribution in [1.82, 2.24) is 35.1 Å². The Morgan fingerprint density at radius 1 is 0.736 bits per heavy atom. The van der Waals surface area contributed by atoms with Crippen molar-refractivity contribution in [2.24, 2.45) is 17.6 Å². The highest BCUT2D eigenvalue weighted by molar-refractivity contribution is 6.12. The number of phenolic OH excluding ortho intramolecular Hbond substituents is 1. The summed E-state index contributed by atoms with van der Waals surface area (Å²) < 4.78 is 70.1. The lowest BCUT2D eigenvalue weighted by Crippen LogP contribution is -2.47. The molecule has 4 aromatic rings. The maximum Gasteiger partial charge on any atom is 0.510 e. The summed E-state index contributed by atoms with van der Waals surface area (Å²) in [6, 6.07) is 12.3. The van der Waals surface area contributed by atoms with Gasteiger partial charge in [0.2, 0.25) is 17.4 Å². The number of nitrogens with one attached hydrogen (secondary N) is 3. The number of carbonyl (C=O) groups excluding carboxylic acids is 8. The Kier molecular flexibility index (Phi) is 32.8. The molecule has 0 bridgehead atoms. The van der Waals surface area contributed by atoms with Gasteiger partial charge in [-0.05, 0) is 117 Å². The summed E-state index contributed by atoms with van der Waals surface area (Å²) in [5, 5.41) is 27.5. The predicted molar refractivity (Wildman–Crippen MR) is 380 cm³/mol. The monoisotopic (exact) mass is 1480 g/mol. The van der Waals surface area contributed by atoms with Crippen LogP contribution < -0.4 is 27.2 Å². The summed E-state index contributed by atoms with van der Waals surface area (Å²) in [4.78, 5) is 118. The van der Waals surface area contributed by atoms with Crippen LogP contribution in [0.25, 0.3) is 5.57 Å². The van der Waals surface area contributed by atoms with E-state index in [2.05, 4.69) is 26.3 Å². The maximum atomic E-state index is 14.2. The molecule has 4 amide bonds. The highest BCUT2D eigenvalue weighted by atomic mass is 16.7. The Bertz CT molecular complexity index is 3700. The van der Waals surface area contributed by atoms with Crippen LogP contribution in [0.15, 0.2) is 77.2 Å². The van der Waals surface area contributed by atoms with Gasteiger partial charge in [-0.2, -0.15) is 0 Å². The first-order chi connectivity index (χ1) is 51.6. The van der Waals surface area contributed by atoms with Gasteiger partial charge in [0.25, 0.3) is 17.4 Å². The lowest BCUT2D eigenvalue weighted by Gasteiger charge is -2.35. The number of aromatic nitrogens is 4. The van der Waals surface area contributed by atoms with E-state index in [0.29, 0.717) is 181 Å². The number of cyclic esters (lactones) is 1. The van der Waals surface area contributed by atoms with Crippen LogP contribution in [0.2, 0.25) is 0 Å². The second-order valence-corrected chi connectivity index (χ2v) is 26.3. The molecule has 578 valence electrons. The van der Waals surface area contributed by atoms with Crippen molar-refractivity contribution in [3.8, 4) is 5.75 Å². The minimum atomic E-state index is -1.97. The topological polar surface area (TPSA) is 386 Å². The quantitative estimate of drug-likeness (QED) is 0.0177. The predicted octanol–water partition coefficient (Wildman–Crippen LogP) is 4.43. The lowest BCUT2D eigenvalue weighted by molar-refractivity contribution is -0.175. The molecule has 9 rings (SSSR count). The van der Waals surface area contributed by atoms with E-state index in [-0.39, 0.29) is 103 Å². The van der Waals surface area contributed by atoms with Gasteiger partial charge in [-0.1, -0.05) is 43.3 Å². The number of ketones is 2. The molecule has 2 aromatic heterocycles. The number of unbranched alkanes of at least 4 members (excludes halogenated alkanes) is 1. The van der Waals surface area contributed by atoms with Crippen molar-refractivity contribution in [2.75, 3.05) is 144 Å². The Labute approximate surface area is 615 Å². The van der Waals surface area contributed by atoms with Gasteiger partial charge in [-0.15, -0.1) is 5.10 Å². The largest absolute Gasteiger partial charge is 0.510 e. The van der Waals surface area contributed by atoms with E-state index in [9.17, 15) is 48.3 Å². The number of pyridine rings is 1. The number of hydrogen-bond acceptors (Lipinski definition) is 26. The molecule has 6 heterocycles. The number of imide groups is 1. The number of hydrogen-bond donors (Lipinski definition) is 5. The number of Topliss-reactive ketones (excluding diaryl/α,β-unsaturated/α-hetero) is 2. The Morgan fingerprint density at radius 3 is 1.97 bits per heavy atom. The molecule has 1 saturated carbocycles. The molecule has 1 fully saturated rings. The van der Waals surface area contributed by atoms with Gasteiger partial charge in [0.1, 0.15) is 38.0 Å². The fraction of sp³-hybridized carbons (Fsp3) is 0.587. The molecule has 0 spiro atoms. The van der Waals surface area contributed by atoms with Crippen LogP contribution in [-0.4, -0.2) is 221 Å². The number of nitrogens with zero attached hydrogens (tertiary/aromatic N) is 5. The van der Waals surface area contributed by atoms with E-state index >= 15 is 0 Å². The first-order valence-electron chi connectivity index (χ1n) is 36.7. The normalized spacial score (nSPS) is 18.2. The van der Waals surface area contributed by atoms with Crippen molar-refractivity contribution in [3.05, 3.63) is 122 Å². The molecule has 4 aliphatic heterocycles. The third-order valence-electron chi connectivity index (χ3n) is 19.0. The minimum absolute atomic E-state index is 0.00284. The molecule has 31 heteroatoms. The zero-order valence-electron chi connectivity index (χ0n) is 60.7. The molecule has 6 N–H and O–H groups in total. The zero-order chi connectivity index (χ0) is 75.1. The molecular weight excluding hydrogens is 1380 g/mol. The minimum Gasteiger partial charge on any atom is -0.508 e. The van der Waals surface area contributed by atoms with E-state index < -0.39 is 48.2 Å². The number of aromatic hydroxyl groups is 1. The Balaban J connectivity index is 0.526. The molecule has 1 unspecified atom stereocenters. The molecule has 106 heavy (non-hydrogen) atoms. The van der Waals surface area contributed by atoms with Crippen molar-refractivity contribution < 1.29 is 100 Å². The molecule has 5 aliphatic rings. The Hall–Kier alpha value is -8.63. The van der Waals surface area contributed by atoms with E-state index in [0.717, 1.165) is 53.8 Å².